The maximum Gasteiger partial charge on any atom is 0.241 e. The van der Waals surface area contributed by atoms with Crippen LogP contribution in [0.1, 0.15) is 13.3 Å². The Hall–Kier alpha value is -1.63. The lowest BCUT2D eigenvalue weighted by atomic mass is 10.1. The van der Waals surface area contributed by atoms with Crippen LogP contribution in [0, 0.1) is 22.7 Å². The summed E-state index contributed by atoms with van der Waals surface area (Å²) in [5.74, 6) is -0.738. The predicted molar refractivity (Wildman–Crippen MR) is 42.8 cm³/mol. The number of piperidine rings is 1. The van der Waals surface area contributed by atoms with E-state index in [0.29, 0.717) is 6.42 Å². The first kappa shape index (κ1) is 7.99. The third-order valence-corrected chi connectivity index (χ3v) is 2.85. The Kier molecular flexibility index (Phi) is 1.23. The zero-order chi connectivity index (χ0) is 9.80. The topological polar surface area (TPSA) is 61.2 Å². The molecule has 1 aliphatic carbocycles. The molecule has 13 heavy (non-hydrogen) atoms. The van der Waals surface area contributed by atoms with Crippen LogP contribution in [-0.4, -0.2) is 16.7 Å². The first-order valence-corrected chi connectivity index (χ1v) is 4.00. The molecule has 0 spiro atoms. The summed E-state index contributed by atoms with van der Waals surface area (Å²) in [5.41, 5.74) is -0.597. The van der Waals surface area contributed by atoms with E-state index in [1.54, 1.807) is 13.0 Å². The fourth-order valence-electron chi connectivity index (χ4n) is 1.78. The van der Waals surface area contributed by atoms with Crippen LogP contribution in [-0.2, 0) is 9.59 Å². The van der Waals surface area contributed by atoms with E-state index in [-0.39, 0.29) is 23.4 Å². The second-order valence-electron chi connectivity index (χ2n) is 3.71. The van der Waals surface area contributed by atoms with Crippen molar-refractivity contribution in [1.29, 1.82) is 5.26 Å². The highest BCUT2D eigenvalue weighted by Crippen LogP contribution is 2.59. The van der Waals surface area contributed by atoms with Crippen LogP contribution in [0.4, 0.5) is 0 Å². The summed E-state index contributed by atoms with van der Waals surface area (Å²) < 4.78 is 0. The van der Waals surface area contributed by atoms with E-state index < -0.39 is 5.41 Å². The normalized spacial score (nSPS) is 35.7. The highest BCUT2D eigenvalue weighted by molar-refractivity contribution is 6.13. The van der Waals surface area contributed by atoms with Crippen molar-refractivity contribution < 1.29 is 9.59 Å². The molecule has 0 aromatic rings. The second kappa shape index (κ2) is 1.99. The standard InChI is InChI=1S/C9H8N2O2/c1-5(4-10)11-7(12)6-3-9(6,2)8(11)13/h6H,1,3H2,2H3. The molecule has 4 heteroatoms. The number of fused-ring (bicyclic) bond motifs is 1. The van der Waals surface area contributed by atoms with Gasteiger partial charge in [-0.3, -0.25) is 9.59 Å². The minimum Gasteiger partial charge on any atom is -0.274 e. The lowest BCUT2D eigenvalue weighted by Crippen LogP contribution is -2.32. The number of hydrogen-bond acceptors (Lipinski definition) is 3. The van der Waals surface area contributed by atoms with Gasteiger partial charge in [0.05, 0.1) is 11.3 Å². The zero-order valence-electron chi connectivity index (χ0n) is 7.20. The minimum atomic E-state index is -0.531. The summed E-state index contributed by atoms with van der Waals surface area (Å²) in [6.45, 7) is 5.12. The Morgan fingerprint density at radius 1 is 1.77 bits per heavy atom. The van der Waals surface area contributed by atoms with Crippen molar-refractivity contribution in [1.82, 2.24) is 4.90 Å². The molecule has 2 fully saturated rings. The molecule has 1 heterocycles. The molecule has 0 N–H and O–H groups in total. The van der Waals surface area contributed by atoms with Crippen molar-refractivity contribution in [3.05, 3.63) is 12.3 Å². The first-order chi connectivity index (χ1) is 6.02. The minimum absolute atomic E-state index is 0.0663. The molecule has 0 radical (unpaired) electrons. The number of nitrogens with zero attached hydrogens (tertiary/aromatic N) is 2. The summed E-state index contributed by atoms with van der Waals surface area (Å²) in [4.78, 5) is 23.9. The van der Waals surface area contributed by atoms with E-state index >= 15 is 0 Å². The highest BCUT2D eigenvalue weighted by atomic mass is 16.2. The van der Waals surface area contributed by atoms with E-state index in [4.69, 9.17) is 5.26 Å². The summed E-state index contributed by atoms with van der Waals surface area (Å²) in [6.07, 6.45) is 0.625. The van der Waals surface area contributed by atoms with Crippen LogP contribution >= 0.6 is 0 Å². The fraction of sp³-hybridized carbons (Fsp3) is 0.444. The number of allylic oxidation sites excluding steroid dienone is 1. The SMILES string of the molecule is C=C(C#N)N1C(=O)C2CC2(C)C1=O. The van der Waals surface area contributed by atoms with Crippen LogP contribution in [0.5, 0.6) is 0 Å². The van der Waals surface area contributed by atoms with Crippen molar-refractivity contribution in [2.75, 3.05) is 0 Å². The Morgan fingerprint density at radius 2 is 2.38 bits per heavy atom. The molecular formula is C9H8N2O2. The molecule has 1 saturated carbocycles. The lowest BCUT2D eigenvalue weighted by molar-refractivity contribution is -0.139. The predicted octanol–water partition coefficient (Wildman–Crippen LogP) is 0.419. The average molecular weight is 176 g/mol. The molecule has 0 aromatic heterocycles. The van der Waals surface area contributed by atoms with Crippen LogP contribution in [0.25, 0.3) is 0 Å². The van der Waals surface area contributed by atoms with Gasteiger partial charge in [0.15, 0.2) is 0 Å². The molecule has 66 valence electrons. The summed E-state index contributed by atoms with van der Waals surface area (Å²) in [7, 11) is 0. The third-order valence-electron chi connectivity index (χ3n) is 2.85. The Bertz CT molecular complexity index is 380. The van der Waals surface area contributed by atoms with E-state index in [2.05, 4.69) is 6.58 Å². The number of amides is 2. The monoisotopic (exact) mass is 176 g/mol. The Labute approximate surface area is 75.4 Å². The van der Waals surface area contributed by atoms with Crippen molar-refractivity contribution in [3.63, 3.8) is 0 Å². The van der Waals surface area contributed by atoms with Gasteiger partial charge >= 0.3 is 0 Å². The maximum absolute atomic E-state index is 11.6. The van der Waals surface area contributed by atoms with Gasteiger partial charge in [0.25, 0.3) is 0 Å². The van der Waals surface area contributed by atoms with Crippen LogP contribution < -0.4 is 0 Å². The largest absolute Gasteiger partial charge is 0.274 e. The van der Waals surface area contributed by atoms with Gasteiger partial charge in [-0.2, -0.15) is 5.26 Å². The molecule has 2 atom stereocenters. The Balaban J connectivity index is 2.36. The van der Waals surface area contributed by atoms with Crippen molar-refractivity contribution in [2.24, 2.45) is 11.3 Å². The van der Waals surface area contributed by atoms with Crippen molar-refractivity contribution in [3.8, 4) is 6.07 Å². The quantitative estimate of drug-likeness (QED) is 0.429. The number of nitriles is 1. The highest BCUT2D eigenvalue weighted by Gasteiger charge is 2.69. The third kappa shape index (κ3) is 0.738. The Morgan fingerprint density at radius 3 is 2.77 bits per heavy atom. The van der Waals surface area contributed by atoms with Crippen LogP contribution in [0.3, 0.4) is 0 Å². The summed E-state index contributed by atoms with van der Waals surface area (Å²) >= 11 is 0. The number of likely N-dealkylation sites (tertiary alicyclic amines) is 1. The number of carbonyl (C=O) groups excluding carboxylic acids is 2. The fourth-order valence-corrected chi connectivity index (χ4v) is 1.78. The van der Waals surface area contributed by atoms with Crippen molar-refractivity contribution >= 4 is 11.8 Å². The molecule has 2 rings (SSSR count). The van der Waals surface area contributed by atoms with E-state index in [1.807, 2.05) is 0 Å². The zero-order valence-corrected chi connectivity index (χ0v) is 7.20. The first-order valence-electron chi connectivity index (χ1n) is 4.00. The molecule has 2 unspecified atom stereocenters. The van der Waals surface area contributed by atoms with Gasteiger partial charge in [-0.15, -0.1) is 0 Å². The number of rotatable bonds is 1. The molecule has 0 bridgehead atoms. The van der Waals surface area contributed by atoms with Gasteiger partial charge in [0.1, 0.15) is 11.8 Å². The number of hydrogen-bond donors (Lipinski definition) is 0. The van der Waals surface area contributed by atoms with E-state index in [9.17, 15) is 9.59 Å². The van der Waals surface area contributed by atoms with Crippen LogP contribution in [0.15, 0.2) is 12.3 Å². The van der Waals surface area contributed by atoms with Gasteiger partial charge < -0.3 is 0 Å². The number of imide groups is 1. The summed E-state index contributed by atoms with van der Waals surface area (Å²) in [6, 6.07) is 1.72. The smallest absolute Gasteiger partial charge is 0.241 e. The van der Waals surface area contributed by atoms with Gasteiger partial charge in [0, 0.05) is 0 Å². The van der Waals surface area contributed by atoms with Gasteiger partial charge in [-0.25, -0.2) is 4.90 Å². The molecule has 4 nitrogen and oxygen atoms in total. The lowest BCUT2D eigenvalue weighted by Gasteiger charge is -2.14. The van der Waals surface area contributed by atoms with E-state index in [1.165, 1.54) is 0 Å². The second-order valence-corrected chi connectivity index (χ2v) is 3.71. The molecule has 2 aliphatic rings. The molecule has 1 aliphatic heterocycles. The van der Waals surface area contributed by atoms with Gasteiger partial charge in [-0.05, 0) is 13.3 Å². The molecule has 0 aromatic carbocycles. The molecule has 2 amide bonds. The van der Waals surface area contributed by atoms with Crippen molar-refractivity contribution in [2.45, 2.75) is 13.3 Å². The van der Waals surface area contributed by atoms with Gasteiger partial charge in [0.2, 0.25) is 11.8 Å². The molecular weight excluding hydrogens is 168 g/mol. The maximum atomic E-state index is 11.6. The van der Waals surface area contributed by atoms with E-state index in [0.717, 1.165) is 4.90 Å². The van der Waals surface area contributed by atoms with Crippen LogP contribution in [0.2, 0.25) is 0 Å². The van der Waals surface area contributed by atoms with Gasteiger partial charge in [-0.1, -0.05) is 6.58 Å². The molecule has 1 saturated heterocycles. The summed E-state index contributed by atoms with van der Waals surface area (Å²) in [5, 5.41) is 8.52. The average Bonchev–Trinajstić information content (AvgIpc) is 2.74. The number of carbonyl (C=O) groups is 2.